The molecular weight excluding hydrogens is 458 g/mol. The predicted octanol–water partition coefficient (Wildman–Crippen LogP) is 7.09. The molecule has 6 rings (SSSR count). The van der Waals surface area contributed by atoms with Crippen molar-refractivity contribution in [2.24, 2.45) is 0 Å². The minimum absolute atomic E-state index is 0.383. The highest BCUT2D eigenvalue weighted by atomic mass is 16.4. The van der Waals surface area contributed by atoms with Crippen LogP contribution in [0.15, 0.2) is 36.4 Å². The molecule has 0 spiro atoms. The van der Waals surface area contributed by atoms with Gasteiger partial charge < -0.3 is 19.5 Å². The van der Waals surface area contributed by atoms with Crippen molar-refractivity contribution in [1.82, 2.24) is 9.47 Å². The molecule has 2 aromatic carbocycles. The lowest BCUT2D eigenvalue weighted by Gasteiger charge is -2.29. The maximum absolute atomic E-state index is 11.9. The van der Waals surface area contributed by atoms with Gasteiger partial charge in [0.1, 0.15) is 0 Å². The van der Waals surface area contributed by atoms with Gasteiger partial charge >= 0.3 is 5.97 Å². The van der Waals surface area contributed by atoms with Crippen molar-refractivity contribution in [3.05, 3.63) is 53.1 Å². The van der Waals surface area contributed by atoms with Crippen LogP contribution in [0.4, 0.5) is 5.69 Å². The third-order valence-corrected chi connectivity index (χ3v) is 9.13. The van der Waals surface area contributed by atoms with E-state index in [1.54, 1.807) is 0 Å². The molecule has 1 saturated heterocycles. The molecule has 1 aliphatic carbocycles. The Morgan fingerprint density at radius 1 is 0.919 bits per heavy atom. The SMILES string of the molecule is CC(C)c1ccc2c(c1)N(CCN1CCCC1)CCn1c-2c(C2CCCCC2)c2ccc(C(=O)O)cc21. The number of aromatic carboxylic acids is 1. The summed E-state index contributed by atoms with van der Waals surface area (Å²) >= 11 is 0. The van der Waals surface area contributed by atoms with Crippen molar-refractivity contribution >= 4 is 22.6 Å². The lowest BCUT2D eigenvalue weighted by atomic mass is 9.81. The summed E-state index contributed by atoms with van der Waals surface area (Å²) in [6, 6.07) is 13.0. The summed E-state index contributed by atoms with van der Waals surface area (Å²) in [5, 5.41) is 11.1. The normalized spacial score (nSPS) is 18.8. The number of carboxylic acid groups (broad SMARTS) is 1. The van der Waals surface area contributed by atoms with Gasteiger partial charge in [-0.3, -0.25) is 0 Å². The van der Waals surface area contributed by atoms with E-state index in [1.807, 2.05) is 12.1 Å². The van der Waals surface area contributed by atoms with Crippen molar-refractivity contribution in [2.45, 2.75) is 77.2 Å². The average molecular weight is 500 g/mol. The van der Waals surface area contributed by atoms with E-state index in [2.05, 4.69) is 52.5 Å². The second-order valence-corrected chi connectivity index (χ2v) is 11.8. The summed E-state index contributed by atoms with van der Waals surface area (Å²) in [7, 11) is 0. The van der Waals surface area contributed by atoms with Crippen molar-refractivity contribution in [3.63, 3.8) is 0 Å². The van der Waals surface area contributed by atoms with Gasteiger partial charge in [0.05, 0.1) is 11.3 Å². The van der Waals surface area contributed by atoms with E-state index in [4.69, 9.17) is 0 Å². The Bertz CT molecular complexity index is 1300. The minimum Gasteiger partial charge on any atom is -0.478 e. The number of hydrogen-bond donors (Lipinski definition) is 1. The molecule has 0 radical (unpaired) electrons. The van der Waals surface area contributed by atoms with E-state index in [0.29, 0.717) is 17.4 Å². The lowest BCUT2D eigenvalue weighted by Crippen LogP contribution is -2.35. The number of nitrogens with zero attached hydrogens (tertiary/aromatic N) is 3. The van der Waals surface area contributed by atoms with Crippen LogP contribution in [0, 0.1) is 0 Å². The zero-order valence-electron chi connectivity index (χ0n) is 22.5. The molecule has 1 saturated carbocycles. The number of fused-ring (bicyclic) bond motifs is 5. The summed E-state index contributed by atoms with van der Waals surface area (Å²) in [4.78, 5) is 17.2. The van der Waals surface area contributed by atoms with E-state index in [1.165, 1.54) is 91.5 Å². The lowest BCUT2D eigenvalue weighted by molar-refractivity contribution is 0.0697. The Labute approximate surface area is 221 Å². The molecule has 37 heavy (non-hydrogen) atoms. The molecule has 2 fully saturated rings. The van der Waals surface area contributed by atoms with Crippen LogP contribution >= 0.6 is 0 Å². The Balaban J connectivity index is 1.53. The molecule has 196 valence electrons. The van der Waals surface area contributed by atoms with E-state index >= 15 is 0 Å². The largest absolute Gasteiger partial charge is 0.478 e. The van der Waals surface area contributed by atoms with Crippen LogP contribution in [0.3, 0.4) is 0 Å². The quantitative estimate of drug-likeness (QED) is 0.393. The minimum atomic E-state index is -0.848. The molecule has 1 N–H and O–H groups in total. The molecule has 5 nitrogen and oxygen atoms in total. The summed E-state index contributed by atoms with van der Waals surface area (Å²) in [6.07, 6.45) is 8.99. The predicted molar refractivity (Wildman–Crippen MR) is 152 cm³/mol. The first-order valence-electron chi connectivity index (χ1n) is 14.5. The van der Waals surface area contributed by atoms with Gasteiger partial charge in [0.2, 0.25) is 0 Å². The van der Waals surface area contributed by atoms with Crippen LogP contribution in [0.25, 0.3) is 22.2 Å². The summed E-state index contributed by atoms with van der Waals surface area (Å²) in [5.41, 5.74) is 8.37. The number of hydrogen-bond acceptors (Lipinski definition) is 3. The van der Waals surface area contributed by atoms with E-state index in [9.17, 15) is 9.90 Å². The molecule has 0 atom stereocenters. The van der Waals surface area contributed by atoms with Crippen molar-refractivity contribution in [3.8, 4) is 11.3 Å². The molecule has 3 aromatic rings. The fraction of sp³-hybridized carbons (Fsp3) is 0.531. The molecule has 0 unspecified atom stereocenters. The number of anilines is 1. The van der Waals surface area contributed by atoms with Gasteiger partial charge in [0.15, 0.2) is 0 Å². The molecule has 3 heterocycles. The number of likely N-dealkylation sites (tertiary alicyclic amines) is 1. The fourth-order valence-electron chi connectivity index (χ4n) is 7.05. The van der Waals surface area contributed by atoms with Crippen molar-refractivity contribution in [2.75, 3.05) is 37.6 Å². The fourth-order valence-corrected chi connectivity index (χ4v) is 7.05. The van der Waals surface area contributed by atoms with Crippen LogP contribution in [-0.2, 0) is 6.54 Å². The van der Waals surface area contributed by atoms with Crippen molar-refractivity contribution in [1.29, 1.82) is 0 Å². The Morgan fingerprint density at radius 3 is 2.43 bits per heavy atom. The van der Waals surface area contributed by atoms with Crippen LogP contribution in [-0.4, -0.2) is 53.3 Å². The monoisotopic (exact) mass is 499 g/mol. The summed E-state index contributed by atoms with van der Waals surface area (Å²) in [5.74, 6) is 0.173. The molecule has 1 aromatic heterocycles. The van der Waals surface area contributed by atoms with E-state index < -0.39 is 5.97 Å². The Morgan fingerprint density at radius 2 is 1.70 bits per heavy atom. The van der Waals surface area contributed by atoms with Gasteiger partial charge in [-0.15, -0.1) is 0 Å². The topological polar surface area (TPSA) is 48.7 Å². The highest BCUT2D eigenvalue weighted by molar-refractivity contribution is 5.99. The summed E-state index contributed by atoms with van der Waals surface area (Å²) in [6.45, 7) is 11.0. The van der Waals surface area contributed by atoms with Crippen LogP contribution < -0.4 is 4.90 Å². The Kier molecular flexibility index (Phi) is 6.74. The van der Waals surface area contributed by atoms with Gasteiger partial charge in [0.25, 0.3) is 0 Å². The first-order chi connectivity index (χ1) is 18.0. The Hall–Kier alpha value is -2.79. The van der Waals surface area contributed by atoms with Crippen LogP contribution in [0.5, 0.6) is 0 Å². The third-order valence-electron chi connectivity index (χ3n) is 9.13. The zero-order valence-corrected chi connectivity index (χ0v) is 22.5. The van der Waals surface area contributed by atoms with Gasteiger partial charge in [-0.1, -0.05) is 51.3 Å². The van der Waals surface area contributed by atoms with Gasteiger partial charge in [-0.2, -0.15) is 0 Å². The highest BCUT2D eigenvalue weighted by Crippen LogP contribution is 2.48. The number of aromatic nitrogens is 1. The molecule has 2 aliphatic heterocycles. The average Bonchev–Trinajstić information content (AvgIpc) is 3.51. The third kappa shape index (κ3) is 4.56. The number of rotatable bonds is 6. The molecular formula is C32H41N3O2. The van der Waals surface area contributed by atoms with Crippen LogP contribution in [0.2, 0.25) is 0 Å². The molecule has 0 amide bonds. The van der Waals surface area contributed by atoms with Gasteiger partial charge in [0, 0.05) is 48.3 Å². The molecule has 3 aliphatic rings. The van der Waals surface area contributed by atoms with E-state index in [-0.39, 0.29) is 0 Å². The van der Waals surface area contributed by atoms with Crippen LogP contribution in [0.1, 0.15) is 92.1 Å². The molecule has 0 bridgehead atoms. The van der Waals surface area contributed by atoms with Gasteiger partial charge in [-0.25, -0.2) is 4.79 Å². The maximum Gasteiger partial charge on any atom is 0.335 e. The zero-order chi connectivity index (χ0) is 25.5. The molecule has 5 heteroatoms. The highest BCUT2D eigenvalue weighted by Gasteiger charge is 2.31. The van der Waals surface area contributed by atoms with E-state index in [0.717, 1.165) is 31.7 Å². The number of carbonyl (C=O) groups is 1. The second kappa shape index (κ2) is 10.2. The summed E-state index contributed by atoms with van der Waals surface area (Å²) < 4.78 is 2.47. The first kappa shape index (κ1) is 24.5. The van der Waals surface area contributed by atoms with Gasteiger partial charge in [-0.05, 0) is 79.9 Å². The number of benzene rings is 2. The maximum atomic E-state index is 11.9. The second-order valence-electron chi connectivity index (χ2n) is 11.8. The number of carboxylic acids is 1. The van der Waals surface area contributed by atoms with Crippen molar-refractivity contribution < 1.29 is 9.90 Å². The standard InChI is InChI=1S/C32H41N3O2/c1-22(2)24-10-13-27-28(20-24)34(17-16-33-14-6-7-15-33)18-19-35-29-21-25(32(36)37)11-12-26(29)30(31(27)35)23-8-4-3-5-9-23/h10-13,20-23H,3-9,14-19H2,1-2H3,(H,36,37). The smallest absolute Gasteiger partial charge is 0.335 e. The first-order valence-corrected chi connectivity index (χ1v) is 14.5.